The largest absolute Gasteiger partial charge is 0.492 e. The third-order valence-corrected chi connectivity index (χ3v) is 4.82. The van der Waals surface area contributed by atoms with Crippen molar-refractivity contribution in [2.45, 2.75) is 46.4 Å². The number of nitrogens with zero attached hydrogens (tertiary/aromatic N) is 1. The number of hydrogen-bond donors (Lipinski definition) is 0. The number of ether oxygens (including phenoxy) is 3. The van der Waals surface area contributed by atoms with Crippen LogP contribution in [-0.2, 0) is 20.9 Å². The zero-order valence-corrected chi connectivity index (χ0v) is 17.2. The fourth-order valence-corrected chi connectivity index (χ4v) is 3.03. The molecule has 1 heterocycles. The van der Waals surface area contributed by atoms with Crippen LogP contribution in [0.15, 0.2) is 11.6 Å². The first kappa shape index (κ1) is 23.2. The predicted octanol–water partition coefficient (Wildman–Crippen LogP) is 3.85. The molecule has 0 fully saturated rings. The number of carbonyl (C=O) groups is 3. The lowest BCUT2D eigenvalue weighted by Crippen LogP contribution is -2.39. The van der Waals surface area contributed by atoms with E-state index in [1.54, 1.807) is 13.8 Å². The van der Waals surface area contributed by atoms with E-state index < -0.39 is 35.5 Å². The van der Waals surface area contributed by atoms with Crippen molar-refractivity contribution in [1.82, 2.24) is 0 Å². The van der Waals surface area contributed by atoms with Gasteiger partial charge in [0.2, 0.25) is 0 Å². The van der Waals surface area contributed by atoms with Gasteiger partial charge in [0.25, 0.3) is 0 Å². The average molecular weight is 429 g/mol. The molecule has 7 nitrogen and oxygen atoms in total. The maximum absolute atomic E-state index is 13.1. The zero-order valence-electron chi connectivity index (χ0n) is 17.2. The fraction of sp³-hybridized carbons (Fsp3) is 0.450. The van der Waals surface area contributed by atoms with Gasteiger partial charge >= 0.3 is 24.0 Å². The first-order valence-corrected chi connectivity index (χ1v) is 9.01. The highest BCUT2D eigenvalue weighted by molar-refractivity contribution is 6.09. The Bertz CT molecular complexity index is 920. The Morgan fingerprint density at radius 1 is 1.23 bits per heavy atom. The fourth-order valence-electron chi connectivity index (χ4n) is 3.03. The van der Waals surface area contributed by atoms with E-state index in [0.29, 0.717) is 12.0 Å². The summed E-state index contributed by atoms with van der Waals surface area (Å²) in [6.07, 6.45) is -3.09. The number of halogens is 3. The van der Waals surface area contributed by atoms with Gasteiger partial charge in [-0.05, 0) is 27.2 Å². The Morgan fingerprint density at radius 3 is 2.40 bits per heavy atom. The monoisotopic (exact) mass is 429 g/mol. The Balaban J connectivity index is 2.65. The molecule has 2 rings (SSSR count). The Labute approximate surface area is 171 Å². The molecule has 1 amide bonds. The summed E-state index contributed by atoms with van der Waals surface area (Å²) in [5, 5.41) is 0. The smallest absolute Gasteiger partial charge is 0.471 e. The molecule has 1 aromatic rings. The molecule has 0 saturated heterocycles. The molecule has 0 radical (unpaired) electrons. The minimum absolute atomic E-state index is 0.0556. The summed E-state index contributed by atoms with van der Waals surface area (Å²) in [4.78, 5) is 36.8. The second-order valence-corrected chi connectivity index (χ2v) is 6.74. The van der Waals surface area contributed by atoms with Crippen molar-refractivity contribution in [3.8, 4) is 11.5 Å². The molecular weight excluding hydrogens is 407 g/mol. The number of fused-ring (bicyclic) bond motifs is 1. The van der Waals surface area contributed by atoms with Gasteiger partial charge in [-0.25, -0.2) is 4.79 Å². The number of hydrogen-bond acceptors (Lipinski definition) is 6. The molecule has 1 aromatic carbocycles. The molecule has 0 saturated carbocycles. The highest BCUT2D eigenvalue weighted by Crippen LogP contribution is 2.48. The van der Waals surface area contributed by atoms with Gasteiger partial charge in [0.1, 0.15) is 12.3 Å². The third kappa shape index (κ3) is 4.42. The van der Waals surface area contributed by atoms with E-state index >= 15 is 0 Å². The van der Waals surface area contributed by atoms with Crippen molar-refractivity contribution in [2.24, 2.45) is 0 Å². The van der Waals surface area contributed by atoms with Gasteiger partial charge in [0, 0.05) is 24.6 Å². The van der Waals surface area contributed by atoms with Crippen molar-refractivity contribution in [1.29, 1.82) is 0 Å². The number of alkyl halides is 3. The molecule has 1 aliphatic heterocycles. The summed E-state index contributed by atoms with van der Waals surface area (Å²) in [5.74, 6) is -4.41. The van der Waals surface area contributed by atoms with Gasteiger partial charge in [0.05, 0.1) is 12.7 Å². The number of benzene rings is 1. The number of rotatable bonds is 6. The van der Waals surface area contributed by atoms with Crippen LogP contribution in [0.5, 0.6) is 11.5 Å². The lowest BCUT2D eigenvalue weighted by atomic mass is 9.99. The molecule has 1 aliphatic rings. The van der Waals surface area contributed by atoms with Gasteiger partial charge in [-0.1, -0.05) is 11.6 Å². The summed E-state index contributed by atoms with van der Waals surface area (Å²) in [6.45, 7) is 4.96. The van der Waals surface area contributed by atoms with Gasteiger partial charge in [0.15, 0.2) is 11.5 Å². The summed E-state index contributed by atoms with van der Waals surface area (Å²) in [7, 11) is 2.08. The van der Waals surface area contributed by atoms with E-state index in [0.717, 1.165) is 12.6 Å². The Hall–Kier alpha value is -3.04. The second kappa shape index (κ2) is 8.76. The number of carbonyl (C=O) groups excluding carboxylic acids is 3. The van der Waals surface area contributed by atoms with E-state index in [9.17, 15) is 27.6 Å². The molecule has 0 spiro atoms. The first-order valence-electron chi connectivity index (χ1n) is 9.01. The van der Waals surface area contributed by atoms with E-state index in [1.807, 2.05) is 13.0 Å². The van der Waals surface area contributed by atoms with Crippen molar-refractivity contribution >= 4 is 23.5 Å². The van der Waals surface area contributed by atoms with Crippen LogP contribution >= 0.6 is 0 Å². The van der Waals surface area contributed by atoms with E-state index in [-0.39, 0.29) is 34.8 Å². The van der Waals surface area contributed by atoms with Crippen LogP contribution in [0.3, 0.4) is 0 Å². The minimum Gasteiger partial charge on any atom is -0.492 e. The SMILES string of the molecule is CC=C(C)CCC(=O)Oc1c(OC)c(C)c2c(c1N(C)C(=O)C(F)(F)F)C(=O)OC2. The van der Waals surface area contributed by atoms with E-state index in [1.165, 1.54) is 7.11 Å². The lowest BCUT2D eigenvalue weighted by Gasteiger charge is -2.25. The zero-order chi connectivity index (χ0) is 22.8. The summed E-state index contributed by atoms with van der Waals surface area (Å²) in [5.41, 5.74) is 0.757. The lowest BCUT2D eigenvalue weighted by molar-refractivity contribution is -0.170. The molecule has 0 unspecified atom stereocenters. The van der Waals surface area contributed by atoms with E-state index in [2.05, 4.69) is 0 Å². The highest BCUT2D eigenvalue weighted by Gasteiger charge is 2.45. The molecular formula is C20H22F3NO6. The number of cyclic esters (lactones) is 1. The van der Waals surface area contributed by atoms with E-state index in [4.69, 9.17) is 14.2 Å². The topological polar surface area (TPSA) is 82.1 Å². The van der Waals surface area contributed by atoms with Crippen LogP contribution in [0.1, 0.15) is 48.2 Å². The highest BCUT2D eigenvalue weighted by atomic mass is 19.4. The van der Waals surface area contributed by atoms with Crippen molar-refractivity contribution in [3.63, 3.8) is 0 Å². The van der Waals surface area contributed by atoms with Crippen molar-refractivity contribution in [3.05, 3.63) is 28.3 Å². The predicted molar refractivity (Wildman–Crippen MR) is 101 cm³/mol. The Kier molecular flexibility index (Phi) is 6.79. The van der Waals surface area contributed by atoms with Gasteiger partial charge in [-0.3, -0.25) is 9.59 Å². The number of methoxy groups -OCH3 is 1. The number of allylic oxidation sites excluding steroid dienone is 2. The number of esters is 2. The normalized spacial score (nSPS) is 13.6. The second-order valence-electron chi connectivity index (χ2n) is 6.74. The molecule has 164 valence electrons. The van der Waals surface area contributed by atoms with Crippen LogP contribution < -0.4 is 14.4 Å². The van der Waals surface area contributed by atoms with Crippen LogP contribution in [0.2, 0.25) is 0 Å². The molecule has 10 heteroatoms. The maximum Gasteiger partial charge on any atom is 0.471 e. The third-order valence-electron chi connectivity index (χ3n) is 4.82. The molecule has 0 atom stereocenters. The van der Waals surface area contributed by atoms with Crippen LogP contribution in [0.4, 0.5) is 18.9 Å². The maximum atomic E-state index is 13.1. The number of amides is 1. The van der Waals surface area contributed by atoms with Crippen molar-refractivity contribution < 1.29 is 41.8 Å². The standard InChI is InChI=1S/C20H22F3NO6/c1-6-10(2)7-8-13(25)30-17-15(24(4)19(27)20(21,22)23)14-12(9-29-18(14)26)11(3)16(17)28-5/h6H,7-9H2,1-5H3. The molecule has 0 aliphatic carbocycles. The molecule has 0 aromatic heterocycles. The molecule has 0 N–H and O–H groups in total. The number of anilines is 1. The Morgan fingerprint density at radius 2 is 1.87 bits per heavy atom. The first-order chi connectivity index (χ1) is 13.9. The van der Waals surface area contributed by atoms with Gasteiger partial charge in [-0.2, -0.15) is 13.2 Å². The van der Waals surface area contributed by atoms with Gasteiger partial charge in [-0.15, -0.1) is 0 Å². The van der Waals surface area contributed by atoms with Crippen LogP contribution in [0.25, 0.3) is 0 Å². The van der Waals surface area contributed by atoms with Crippen LogP contribution in [-0.4, -0.2) is 38.2 Å². The summed E-state index contributed by atoms with van der Waals surface area (Å²) in [6, 6.07) is 0. The molecule has 30 heavy (non-hydrogen) atoms. The summed E-state index contributed by atoms with van der Waals surface area (Å²) >= 11 is 0. The quantitative estimate of drug-likeness (QED) is 0.388. The molecule has 0 bridgehead atoms. The van der Waals surface area contributed by atoms with Crippen LogP contribution in [0, 0.1) is 6.92 Å². The minimum atomic E-state index is -5.22. The van der Waals surface area contributed by atoms with Gasteiger partial charge < -0.3 is 19.1 Å². The summed E-state index contributed by atoms with van der Waals surface area (Å²) < 4.78 is 54.8. The average Bonchev–Trinajstić information content (AvgIpc) is 3.06. The van der Waals surface area contributed by atoms with Crippen molar-refractivity contribution in [2.75, 3.05) is 19.1 Å².